The summed E-state index contributed by atoms with van der Waals surface area (Å²) in [5, 5.41) is 3.38. The lowest BCUT2D eigenvalue weighted by atomic mass is 10.1. The van der Waals surface area contributed by atoms with Crippen molar-refractivity contribution in [3.05, 3.63) is 63.6 Å². The molecule has 0 spiro atoms. The molecule has 2 aromatic rings. The second-order valence-corrected chi connectivity index (χ2v) is 5.79. The van der Waals surface area contributed by atoms with Crippen molar-refractivity contribution in [1.29, 1.82) is 0 Å². The molecule has 0 aliphatic carbocycles. The topological polar surface area (TPSA) is 38.3 Å². The van der Waals surface area contributed by atoms with E-state index in [1.54, 1.807) is 12.1 Å². The summed E-state index contributed by atoms with van der Waals surface area (Å²) in [6.45, 7) is 1.85. The molecule has 0 radical (unpaired) electrons. The van der Waals surface area contributed by atoms with Gasteiger partial charge in [-0.05, 0) is 30.7 Å². The molecule has 0 aliphatic rings. The van der Waals surface area contributed by atoms with E-state index in [0.29, 0.717) is 10.8 Å². The third-order valence-electron chi connectivity index (χ3n) is 2.94. The maximum absolute atomic E-state index is 11.9. The average Bonchev–Trinajstić information content (AvgIpc) is 2.46. The van der Waals surface area contributed by atoms with Crippen LogP contribution in [0.5, 0.6) is 5.75 Å². The zero-order valence-corrected chi connectivity index (χ0v) is 13.8. The number of carbonyl (C=O) groups excluding carboxylic acids is 1. The Kier molecular flexibility index (Phi) is 5.65. The predicted molar refractivity (Wildman–Crippen MR) is 87.6 cm³/mol. The van der Waals surface area contributed by atoms with Crippen molar-refractivity contribution in [3.8, 4) is 5.75 Å². The number of para-hydroxylation sites is 1. The van der Waals surface area contributed by atoms with E-state index in [1.165, 1.54) is 0 Å². The Morgan fingerprint density at radius 3 is 2.62 bits per heavy atom. The molecule has 1 amide bonds. The second-order valence-electron chi connectivity index (χ2n) is 4.53. The van der Waals surface area contributed by atoms with Crippen LogP contribution in [0.25, 0.3) is 0 Å². The smallest absolute Gasteiger partial charge is 0.258 e. The van der Waals surface area contributed by atoms with Gasteiger partial charge >= 0.3 is 0 Å². The number of carbonyl (C=O) groups is 1. The van der Waals surface area contributed by atoms with Crippen LogP contribution in [0.3, 0.4) is 0 Å². The Morgan fingerprint density at radius 2 is 1.90 bits per heavy atom. The molecule has 0 aliphatic heterocycles. The standard InChI is InChI=1S/C16H15BrClNO2/c1-11(12-6-2-3-7-13(12)17)19-16(20)10-21-15-9-5-4-8-14(15)18/h2-9,11H,10H2,1H3,(H,19,20)/t11-/m1/s1. The second kappa shape index (κ2) is 7.48. The monoisotopic (exact) mass is 367 g/mol. The molecule has 21 heavy (non-hydrogen) atoms. The molecule has 0 saturated heterocycles. The Morgan fingerprint density at radius 1 is 1.24 bits per heavy atom. The highest BCUT2D eigenvalue weighted by Gasteiger charge is 2.12. The molecular formula is C16H15BrClNO2. The summed E-state index contributed by atoms with van der Waals surface area (Å²) in [4.78, 5) is 11.9. The van der Waals surface area contributed by atoms with E-state index in [1.807, 2.05) is 43.3 Å². The van der Waals surface area contributed by atoms with Crippen LogP contribution in [0.2, 0.25) is 5.02 Å². The lowest BCUT2D eigenvalue weighted by molar-refractivity contribution is -0.123. The minimum Gasteiger partial charge on any atom is -0.482 e. The Balaban J connectivity index is 1.90. The van der Waals surface area contributed by atoms with E-state index in [0.717, 1.165) is 10.0 Å². The van der Waals surface area contributed by atoms with Crippen molar-refractivity contribution in [1.82, 2.24) is 5.32 Å². The molecule has 2 aromatic carbocycles. The highest BCUT2D eigenvalue weighted by molar-refractivity contribution is 9.10. The van der Waals surface area contributed by atoms with E-state index >= 15 is 0 Å². The lowest BCUT2D eigenvalue weighted by Crippen LogP contribution is -2.31. The maximum atomic E-state index is 11.9. The van der Waals surface area contributed by atoms with Crippen LogP contribution < -0.4 is 10.1 Å². The molecule has 0 fully saturated rings. The zero-order valence-electron chi connectivity index (χ0n) is 11.5. The van der Waals surface area contributed by atoms with Gasteiger partial charge in [-0.25, -0.2) is 0 Å². The van der Waals surface area contributed by atoms with Crippen molar-refractivity contribution >= 4 is 33.4 Å². The number of rotatable bonds is 5. The van der Waals surface area contributed by atoms with Crippen molar-refractivity contribution < 1.29 is 9.53 Å². The summed E-state index contributed by atoms with van der Waals surface area (Å²) in [6, 6.07) is 14.7. The summed E-state index contributed by atoms with van der Waals surface area (Å²) in [6.07, 6.45) is 0. The molecule has 1 N–H and O–H groups in total. The van der Waals surface area contributed by atoms with Gasteiger partial charge in [-0.2, -0.15) is 0 Å². The van der Waals surface area contributed by atoms with Gasteiger partial charge in [0.15, 0.2) is 6.61 Å². The Bertz CT molecular complexity index is 633. The van der Waals surface area contributed by atoms with Gasteiger partial charge in [0.25, 0.3) is 5.91 Å². The number of hydrogen-bond donors (Lipinski definition) is 1. The van der Waals surface area contributed by atoms with Crippen molar-refractivity contribution in [3.63, 3.8) is 0 Å². The summed E-state index contributed by atoms with van der Waals surface area (Å²) < 4.78 is 6.37. The van der Waals surface area contributed by atoms with Crippen molar-refractivity contribution in [2.45, 2.75) is 13.0 Å². The summed E-state index contributed by atoms with van der Waals surface area (Å²) >= 11 is 9.44. The quantitative estimate of drug-likeness (QED) is 0.851. The van der Waals surface area contributed by atoms with Crippen LogP contribution in [-0.4, -0.2) is 12.5 Å². The SMILES string of the molecule is C[C@@H](NC(=O)COc1ccccc1Cl)c1ccccc1Br. The molecule has 0 heterocycles. The molecule has 1 atom stereocenters. The fourth-order valence-electron chi connectivity index (χ4n) is 1.89. The minimum absolute atomic E-state index is 0.0709. The molecule has 2 rings (SSSR count). The summed E-state index contributed by atoms with van der Waals surface area (Å²) in [5.41, 5.74) is 1.02. The highest BCUT2D eigenvalue weighted by atomic mass is 79.9. The lowest BCUT2D eigenvalue weighted by Gasteiger charge is -2.16. The van der Waals surface area contributed by atoms with Crippen LogP contribution in [0.15, 0.2) is 53.0 Å². The van der Waals surface area contributed by atoms with Crippen LogP contribution in [0.1, 0.15) is 18.5 Å². The van der Waals surface area contributed by atoms with Gasteiger partial charge in [-0.15, -0.1) is 0 Å². The van der Waals surface area contributed by atoms with Crippen molar-refractivity contribution in [2.24, 2.45) is 0 Å². The number of ether oxygens (including phenoxy) is 1. The first-order valence-corrected chi connectivity index (χ1v) is 7.66. The molecule has 5 heteroatoms. The number of halogens is 2. The molecule has 110 valence electrons. The average molecular weight is 369 g/mol. The first-order chi connectivity index (χ1) is 10.1. The predicted octanol–water partition coefficient (Wildman–Crippen LogP) is 4.36. The minimum atomic E-state index is -0.196. The van der Waals surface area contributed by atoms with E-state index in [9.17, 15) is 4.79 Å². The molecule has 3 nitrogen and oxygen atoms in total. The van der Waals surface area contributed by atoms with Gasteiger partial charge in [0.05, 0.1) is 11.1 Å². The van der Waals surface area contributed by atoms with Gasteiger partial charge in [0.1, 0.15) is 5.75 Å². The van der Waals surface area contributed by atoms with Crippen LogP contribution in [0.4, 0.5) is 0 Å². The van der Waals surface area contributed by atoms with Crippen LogP contribution in [-0.2, 0) is 4.79 Å². The third kappa shape index (κ3) is 4.48. The van der Waals surface area contributed by atoms with Crippen LogP contribution in [0, 0.1) is 0 Å². The third-order valence-corrected chi connectivity index (χ3v) is 3.98. The summed E-state index contributed by atoms with van der Waals surface area (Å²) in [5.74, 6) is 0.307. The number of nitrogens with one attached hydrogen (secondary N) is 1. The molecule has 0 aromatic heterocycles. The number of amides is 1. The molecular weight excluding hydrogens is 354 g/mol. The molecule has 0 unspecified atom stereocenters. The Hall–Kier alpha value is -1.52. The van der Waals surface area contributed by atoms with Gasteiger partial charge in [0, 0.05) is 4.47 Å². The van der Waals surface area contributed by atoms with Gasteiger partial charge in [0.2, 0.25) is 0 Å². The molecule has 0 saturated carbocycles. The van der Waals surface area contributed by atoms with Gasteiger partial charge < -0.3 is 10.1 Å². The number of benzene rings is 2. The highest BCUT2D eigenvalue weighted by Crippen LogP contribution is 2.24. The Labute approximate surface area is 137 Å². The largest absolute Gasteiger partial charge is 0.482 e. The van der Waals surface area contributed by atoms with Crippen LogP contribution >= 0.6 is 27.5 Å². The first-order valence-electron chi connectivity index (χ1n) is 6.49. The van der Waals surface area contributed by atoms with E-state index in [4.69, 9.17) is 16.3 Å². The van der Waals surface area contributed by atoms with E-state index in [-0.39, 0.29) is 18.6 Å². The fraction of sp³-hybridized carbons (Fsp3) is 0.188. The summed E-state index contributed by atoms with van der Waals surface area (Å²) in [7, 11) is 0. The molecule has 0 bridgehead atoms. The van der Waals surface area contributed by atoms with E-state index < -0.39 is 0 Å². The number of hydrogen-bond acceptors (Lipinski definition) is 2. The zero-order chi connectivity index (χ0) is 15.2. The fourth-order valence-corrected chi connectivity index (χ4v) is 2.71. The van der Waals surface area contributed by atoms with Crippen molar-refractivity contribution in [2.75, 3.05) is 6.61 Å². The maximum Gasteiger partial charge on any atom is 0.258 e. The van der Waals surface area contributed by atoms with Gasteiger partial charge in [-0.1, -0.05) is 57.9 Å². The van der Waals surface area contributed by atoms with Gasteiger partial charge in [-0.3, -0.25) is 4.79 Å². The first kappa shape index (κ1) is 15.9. The normalized spacial score (nSPS) is 11.8. The van der Waals surface area contributed by atoms with E-state index in [2.05, 4.69) is 21.2 Å².